The summed E-state index contributed by atoms with van der Waals surface area (Å²) in [5, 5.41) is 3.12. The van der Waals surface area contributed by atoms with E-state index in [1.807, 2.05) is 32.9 Å². The molecule has 1 heterocycles. The Bertz CT molecular complexity index is 516. The van der Waals surface area contributed by atoms with Crippen LogP contribution in [0.25, 0.3) is 0 Å². The maximum absolute atomic E-state index is 12.0. The smallest absolute Gasteiger partial charge is 0.408 e. The number of nitrogens with zero attached hydrogens (tertiary/aromatic N) is 1. The van der Waals surface area contributed by atoms with E-state index in [0.717, 1.165) is 32.5 Å². The molecule has 23 heavy (non-hydrogen) atoms. The van der Waals surface area contributed by atoms with E-state index in [1.54, 1.807) is 6.08 Å². The fourth-order valence-corrected chi connectivity index (χ4v) is 3.26. The van der Waals surface area contributed by atoms with Gasteiger partial charge in [-0.2, -0.15) is 0 Å². The number of carbonyl (C=O) groups is 1. The highest BCUT2D eigenvalue weighted by Crippen LogP contribution is 2.49. The number of piperidine rings is 1. The number of likely N-dealkylation sites (tertiary alicyclic amines) is 1. The predicted molar refractivity (Wildman–Crippen MR) is 94.4 cm³/mol. The molecule has 0 bridgehead atoms. The van der Waals surface area contributed by atoms with Crippen LogP contribution in [0.2, 0.25) is 0 Å². The third-order valence-corrected chi connectivity index (χ3v) is 4.44. The van der Waals surface area contributed by atoms with Crippen molar-refractivity contribution in [3.63, 3.8) is 0 Å². The lowest BCUT2D eigenvalue weighted by Crippen LogP contribution is -2.48. The summed E-state index contributed by atoms with van der Waals surface area (Å²) < 4.78 is 5.39. The number of carbonyl (C=O) groups excluding carboxylic acids is 1. The molecule has 0 aromatic carbocycles. The summed E-state index contributed by atoms with van der Waals surface area (Å²) in [4.78, 5) is 14.5. The van der Waals surface area contributed by atoms with Crippen LogP contribution in [-0.4, -0.2) is 41.8 Å². The molecule has 1 saturated heterocycles. The maximum atomic E-state index is 12.0. The molecule has 1 saturated carbocycles. The van der Waals surface area contributed by atoms with Gasteiger partial charge in [-0.05, 0) is 46.5 Å². The van der Waals surface area contributed by atoms with Crippen LogP contribution in [0.4, 0.5) is 4.79 Å². The second-order valence-corrected chi connectivity index (χ2v) is 7.80. The molecule has 2 fully saturated rings. The lowest BCUT2D eigenvalue weighted by atomic mass is 10.0. The van der Waals surface area contributed by atoms with Gasteiger partial charge >= 0.3 is 6.09 Å². The number of alkyl carbamates (subject to hydrolysis) is 1. The van der Waals surface area contributed by atoms with Crippen LogP contribution in [0, 0.1) is 5.92 Å². The number of hydrogen-bond acceptors (Lipinski definition) is 3. The van der Waals surface area contributed by atoms with E-state index in [-0.39, 0.29) is 11.6 Å². The first-order valence-corrected chi connectivity index (χ1v) is 8.42. The maximum Gasteiger partial charge on any atom is 0.408 e. The molecular weight excluding hydrogens is 288 g/mol. The van der Waals surface area contributed by atoms with Gasteiger partial charge in [-0.25, -0.2) is 4.79 Å². The number of rotatable bonds is 5. The van der Waals surface area contributed by atoms with Gasteiger partial charge in [0.05, 0.1) is 0 Å². The minimum atomic E-state index is -0.438. The quantitative estimate of drug-likeness (QED) is 0.787. The first-order valence-electron chi connectivity index (χ1n) is 8.42. The van der Waals surface area contributed by atoms with E-state index in [0.29, 0.717) is 5.92 Å². The molecule has 1 amide bonds. The van der Waals surface area contributed by atoms with Gasteiger partial charge in [0.1, 0.15) is 5.60 Å². The molecule has 4 nitrogen and oxygen atoms in total. The van der Waals surface area contributed by atoms with Crippen molar-refractivity contribution in [2.75, 3.05) is 19.6 Å². The third-order valence-electron chi connectivity index (χ3n) is 4.44. The van der Waals surface area contributed by atoms with E-state index < -0.39 is 5.60 Å². The first-order chi connectivity index (χ1) is 10.7. The molecule has 0 aromatic heterocycles. The SMILES string of the molecule is C=CC=CC=C(C)CN1CCC2(NC(=O)OC(C)(C)C)CC2C1. The average Bonchev–Trinajstić information content (AvgIpc) is 3.09. The van der Waals surface area contributed by atoms with Crippen LogP contribution in [-0.2, 0) is 4.74 Å². The van der Waals surface area contributed by atoms with Crippen LogP contribution in [0.1, 0.15) is 40.5 Å². The highest BCUT2D eigenvalue weighted by molar-refractivity contribution is 5.69. The van der Waals surface area contributed by atoms with Crippen LogP contribution in [0.3, 0.4) is 0 Å². The lowest BCUT2D eigenvalue weighted by molar-refractivity contribution is 0.0469. The fraction of sp³-hybridized carbons (Fsp3) is 0.632. The molecule has 1 aliphatic heterocycles. The predicted octanol–water partition coefficient (Wildman–Crippen LogP) is 3.66. The van der Waals surface area contributed by atoms with E-state index in [1.165, 1.54) is 5.57 Å². The first kappa shape index (κ1) is 17.8. The van der Waals surface area contributed by atoms with Crippen molar-refractivity contribution in [3.05, 3.63) is 36.5 Å². The molecule has 4 heteroatoms. The molecule has 0 aromatic rings. The van der Waals surface area contributed by atoms with Crippen molar-refractivity contribution < 1.29 is 9.53 Å². The number of nitrogens with one attached hydrogen (secondary N) is 1. The summed E-state index contributed by atoms with van der Waals surface area (Å²) in [6, 6.07) is 0. The minimum absolute atomic E-state index is 0.0147. The van der Waals surface area contributed by atoms with Crippen LogP contribution in [0.5, 0.6) is 0 Å². The Balaban J connectivity index is 1.80. The molecule has 1 N–H and O–H groups in total. The summed E-state index contributed by atoms with van der Waals surface area (Å²) in [5.41, 5.74) is 0.891. The molecule has 128 valence electrons. The second kappa shape index (κ2) is 6.91. The zero-order valence-electron chi connectivity index (χ0n) is 14.9. The number of fused-ring (bicyclic) bond motifs is 1. The van der Waals surface area contributed by atoms with Gasteiger partial charge in [-0.3, -0.25) is 4.90 Å². The van der Waals surface area contributed by atoms with Crippen LogP contribution < -0.4 is 5.32 Å². The topological polar surface area (TPSA) is 41.6 Å². The standard InChI is InChI=1S/C19H30N2O2/c1-6-7-8-9-15(2)13-21-11-10-19(12-16(19)14-21)20-17(22)23-18(3,4)5/h6-9,16H,1,10-14H2,2-5H3,(H,20,22). The van der Waals surface area contributed by atoms with Crippen molar-refractivity contribution in [1.29, 1.82) is 0 Å². The van der Waals surface area contributed by atoms with Crippen LogP contribution >= 0.6 is 0 Å². The molecule has 2 atom stereocenters. The van der Waals surface area contributed by atoms with Gasteiger partial charge in [0.2, 0.25) is 0 Å². The Morgan fingerprint density at radius 2 is 2.17 bits per heavy atom. The zero-order valence-corrected chi connectivity index (χ0v) is 14.9. The molecule has 1 aliphatic carbocycles. The van der Waals surface area contributed by atoms with Crippen molar-refractivity contribution in [2.45, 2.75) is 51.7 Å². The summed E-state index contributed by atoms with van der Waals surface area (Å²) in [7, 11) is 0. The van der Waals surface area contributed by atoms with Gasteiger partial charge in [0, 0.05) is 25.2 Å². The molecule has 2 unspecified atom stereocenters. The van der Waals surface area contributed by atoms with E-state index in [2.05, 4.69) is 29.8 Å². The number of hydrogen-bond donors (Lipinski definition) is 1. The van der Waals surface area contributed by atoms with Gasteiger partial charge < -0.3 is 10.1 Å². The minimum Gasteiger partial charge on any atom is -0.444 e. The summed E-state index contributed by atoms with van der Waals surface area (Å²) in [5.74, 6) is 0.556. The van der Waals surface area contributed by atoms with Gasteiger partial charge in [0.25, 0.3) is 0 Å². The van der Waals surface area contributed by atoms with Gasteiger partial charge in [-0.1, -0.05) is 36.5 Å². The molecule has 0 spiro atoms. The largest absolute Gasteiger partial charge is 0.444 e. The zero-order chi connectivity index (χ0) is 17.1. The average molecular weight is 318 g/mol. The highest BCUT2D eigenvalue weighted by Gasteiger charge is 2.57. The molecule has 2 aliphatic rings. The molecule has 2 rings (SSSR count). The van der Waals surface area contributed by atoms with Gasteiger partial charge in [-0.15, -0.1) is 0 Å². The number of ether oxygens (including phenoxy) is 1. The summed E-state index contributed by atoms with van der Waals surface area (Å²) in [6.45, 7) is 14.6. The molecular formula is C19H30N2O2. The Morgan fingerprint density at radius 3 is 2.78 bits per heavy atom. The fourth-order valence-electron chi connectivity index (χ4n) is 3.26. The second-order valence-electron chi connectivity index (χ2n) is 7.80. The van der Waals surface area contributed by atoms with Gasteiger partial charge in [0.15, 0.2) is 0 Å². The van der Waals surface area contributed by atoms with Crippen molar-refractivity contribution in [1.82, 2.24) is 10.2 Å². The third kappa shape index (κ3) is 5.24. The monoisotopic (exact) mass is 318 g/mol. The number of allylic oxidation sites excluding steroid dienone is 4. The molecule has 0 radical (unpaired) electrons. The Labute approximate surface area is 140 Å². The Kier molecular flexibility index (Phi) is 5.35. The van der Waals surface area contributed by atoms with E-state index in [4.69, 9.17) is 4.74 Å². The Morgan fingerprint density at radius 1 is 1.43 bits per heavy atom. The highest BCUT2D eigenvalue weighted by atomic mass is 16.6. The van der Waals surface area contributed by atoms with Crippen LogP contribution in [0.15, 0.2) is 36.5 Å². The lowest BCUT2D eigenvalue weighted by Gasteiger charge is -2.32. The Hall–Kier alpha value is -1.55. The summed E-state index contributed by atoms with van der Waals surface area (Å²) >= 11 is 0. The normalized spacial score (nSPS) is 28.3. The van der Waals surface area contributed by atoms with Crippen molar-refractivity contribution >= 4 is 6.09 Å². The number of amides is 1. The van der Waals surface area contributed by atoms with Crippen molar-refractivity contribution in [2.24, 2.45) is 5.92 Å². The van der Waals surface area contributed by atoms with E-state index in [9.17, 15) is 4.79 Å². The van der Waals surface area contributed by atoms with E-state index >= 15 is 0 Å². The van der Waals surface area contributed by atoms with Crippen molar-refractivity contribution in [3.8, 4) is 0 Å². The summed E-state index contributed by atoms with van der Waals surface area (Å²) in [6.07, 6.45) is 9.68.